The maximum Gasteiger partial charge on any atom is 0.224 e. The van der Waals surface area contributed by atoms with Gasteiger partial charge in [-0.2, -0.15) is 0 Å². The Bertz CT molecular complexity index is 600. The molecule has 0 aliphatic carbocycles. The van der Waals surface area contributed by atoms with E-state index in [1.807, 2.05) is 56.3 Å². The highest BCUT2D eigenvalue weighted by molar-refractivity contribution is 5.92. The average Bonchev–Trinajstić information content (AvgIpc) is 2.42. The summed E-state index contributed by atoms with van der Waals surface area (Å²) in [5.74, 6) is 0.0191. The van der Waals surface area contributed by atoms with E-state index in [1.54, 1.807) is 0 Å². The number of hydrogen-bond acceptors (Lipinski definition) is 2. The fourth-order valence-corrected chi connectivity index (χ4v) is 2.22. The normalized spacial score (nSPS) is 10.3. The van der Waals surface area contributed by atoms with Crippen molar-refractivity contribution in [2.24, 2.45) is 0 Å². The molecule has 0 aliphatic rings. The molecular formula is C17H20N2O. The van der Waals surface area contributed by atoms with Crippen LogP contribution >= 0.6 is 0 Å². The second-order valence-corrected chi connectivity index (χ2v) is 5.01. The number of nitrogen functional groups attached to an aromatic ring is 1. The van der Waals surface area contributed by atoms with Crippen molar-refractivity contribution in [1.82, 2.24) is 0 Å². The first-order valence-electron chi connectivity index (χ1n) is 6.77. The number of carbonyl (C=O) groups is 1. The Morgan fingerprint density at radius 3 is 2.35 bits per heavy atom. The highest BCUT2D eigenvalue weighted by Gasteiger charge is 2.08. The molecule has 2 rings (SSSR count). The van der Waals surface area contributed by atoms with Gasteiger partial charge in [0, 0.05) is 17.8 Å². The summed E-state index contributed by atoms with van der Waals surface area (Å²) in [5, 5.41) is 2.99. The molecule has 3 nitrogen and oxygen atoms in total. The van der Waals surface area contributed by atoms with Crippen LogP contribution < -0.4 is 11.1 Å². The van der Waals surface area contributed by atoms with Crippen LogP contribution in [-0.4, -0.2) is 5.91 Å². The molecule has 3 N–H and O–H groups in total. The van der Waals surface area contributed by atoms with Crippen molar-refractivity contribution in [3.63, 3.8) is 0 Å². The average molecular weight is 268 g/mol. The first-order chi connectivity index (χ1) is 9.58. The number of nitrogens with one attached hydrogen (secondary N) is 1. The number of para-hydroxylation sites is 2. The van der Waals surface area contributed by atoms with E-state index in [-0.39, 0.29) is 5.91 Å². The van der Waals surface area contributed by atoms with Gasteiger partial charge in [-0.15, -0.1) is 0 Å². The van der Waals surface area contributed by atoms with Crippen molar-refractivity contribution in [2.45, 2.75) is 26.7 Å². The molecule has 0 bridgehead atoms. The second kappa shape index (κ2) is 6.24. The van der Waals surface area contributed by atoms with Gasteiger partial charge in [-0.1, -0.05) is 36.4 Å². The van der Waals surface area contributed by atoms with Crippen LogP contribution in [0, 0.1) is 13.8 Å². The van der Waals surface area contributed by atoms with Crippen LogP contribution in [0.25, 0.3) is 0 Å². The number of nitrogens with two attached hydrogens (primary N) is 1. The van der Waals surface area contributed by atoms with Crippen molar-refractivity contribution in [1.29, 1.82) is 0 Å². The molecule has 0 saturated heterocycles. The van der Waals surface area contributed by atoms with E-state index < -0.39 is 0 Å². The third kappa shape index (κ3) is 3.38. The summed E-state index contributed by atoms with van der Waals surface area (Å²) in [4.78, 5) is 12.0. The summed E-state index contributed by atoms with van der Waals surface area (Å²) in [7, 11) is 0. The largest absolute Gasteiger partial charge is 0.399 e. The first-order valence-corrected chi connectivity index (χ1v) is 6.77. The Labute approximate surface area is 119 Å². The lowest BCUT2D eigenvalue weighted by molar-refractivity contribution is -0.116. The quantitative estimate of drug-likeness (QED) is 0.834. The number of anilines is 2. The first kappa shape index (κ1) is 14.1. The van der Waals surface area contributed by atoms with Crippen molar-refractivity contribution in [3.05, 3.63) is 59.2 Å². The van der Waals surface area contributed by atoms with Gasteiger partial charge in [-0.05, 0) is 43.0 Å². The fraction of sp³-hybridized carbons (Fsp3) is 0.235. The standard InChI is InChI=1S/C17H20N2O/c1-12-6-5-7-13(2)17(12)19-16(20)11-10-14-8-3-4-9-15(14)18/h3-9H,10-11,18H2,1-2H3,(H,19,20). The van der Waals surface area contributed by atoms with Gasteiger partial charge in [0.05, 0.1) is 0 Å². The number of hydrogen-bond donors (Lipinski definition) is 2. The summed E-state index contributed by atoms with van der Waals surface area (Å²) >= 11 is 0. The minimum Gasteiger partial charge on any atom is -0.399 e. The molecule has 0 heterocycles. The van der Waals surface area contributed by atoms with Crippen LogP contribution in [0.5, 0.6) is 0 Å². The van der Waals surface area contributed by atoms with Gasteiger partial charge in [-0.25, -0.2) is 0 Å². The molecule has 104 valence electrons. The number of carbonyl (C=O) groups excluding carboxylic acids is 1. The second-order valence-electron chi connectivity index (χ2n) is 5.01. The molecular weight excluding hydrogens is 248 g/mol. The number of amides is 1. The molecule has 0 fully saturated rings. The van der Waals surface area contributed by atoms with Crippen LogP contribution in [-0.2, 0) is 11.2 Å². The van der Waals surface area contributed by atoms with Gasteiger partial charge in [0.25, 0.3) is 0 Å². The molecule has 0 saturated carbocycles. The Kier molecular flexibility index (Phi) is 4.41. The molecule has 0 aliphatic heterocycles. The van der Waals surface area contributed by atoms with E-state index in [2.05, 4.69) is 5.32 Å². The summed E-state index contributed by atoms with van der Waals surface area (Å²) in [6.45, 7) is 4.00. The highest BCUT2D eigenvalue weighted by Crippen LogP contribution is 2.20. The Morgan fingerprint density at radius 1 is 1.05 bits per heavy atom. The topological polar surface area (TPSA) is 55.1 Å². The van der Waals surface area contributed by atoms with E-state index in [0.29, 0.717) is 12.8 Å². The summed E-state index contributed by atoms with van der Waals surface area (Å²) < 4.78 is 0. The molecule has 0 unspecified atom stereocenters. The third-order valence-electron chi connectivity index (χ3n) is 3.42. The molecule has 0 aromatic heterocycles. The van der Waals surface area contributed by atoms with E-state index in [4.69, 9.17) is 5.73 Å². The van der Waals surface area contributed by atoms with E-state index in [0.717, 1.165) is 28.1 Å². The molecule has 2 aromatic carbocycles. The lowest BCUT2D eigenvalue weighted by Gasteiger charge is -2.11. The van der Waals surface area contributed by atoms with Crippen LogP contribution in [0.2, 0.25) is 0 Å². The molecule has 20 heavy (non-hydrogen) atoms. The van der Waals surface area contributed by atoms with Crippen molar-refractivity contribution >= 4 is 17.3 Å². The highest BCUT2D eigenvalue weighted by atomic mass is 16.1. The Hall–Kier alpha value is -2.29. The molecule has 0 radical (unpaired) electrons. The number of rotatable bonds is 4. The van der Waals surface area contributed by atoms with E-state index >= 15 is 0 Å². The van der Waals surface area contributed by atoms with Crippen molar-refractivity contribution in [3.8, 4) is 0 Å². The number of benzene rings is 2. The lowest BCUT2D eigenvalue weighted by Crippen LogP contribution is -2.14. The van der Waals surface area contributed by atoms with E-state index in [9.17, 15) is 4.79 Å². The summed E-state index contributed by atoms with van der Waals surface area (Å²) in [6, 6.07) is 13.6. The molecule has 0 spiro atoms. The molecule has 1 amide bonds. The lowest BCUT2D eigenvalue weighted by atomic mass is 10.1. The van der Waals surface area contributed by atoms with Crippen LogP contribution in [0.3, 0.4) is 0 Å². The summed E-state index contributed by atoms with van der Waals surface area (Å²) in [6.07, 6.45) is 1.09. The zero-order valence-electron chi connectivity index (χ0n) is 11.9. The van der Waals surface area contributed by atoms with Gasteiger partial charge >= 0.3 is 0 Å². The maximum atomic E-state index is 12.0. The molecule has 2 aromatic rings. The zero-order chi connectivity index (χ0) is 14.5. The third-order valence-corrected chi connectivity index (χ3v) is 3.42. The fourth-order valence-electron chi connectivity index (χ4n) is 2.22. The summed E-state index contributed by atoms with van der Waals surface area (Å²) in [5.41, 5.74) is 10.7. The predicted octanol–water partition coefficient (Wildman–Crippen LogP) is 3.46. The van der Waals surface area contributed by atoms with Crippen molar-refractivity contribution < 1.29 is 4.79 Å². The Morgan fingerprint density at radius 2 is 1.70 bits per heavy atom. The van der Waals surface area contributed by atoms with Gasteiger partial charge in [0.15, 0.2) is 0 Å². The predicted molar refractivity (Wildman–Crippen MR) is 83.7 cm³/mol. The Balaban J connectivity index is 1.98. The van der Waals surface area contributed by atoms with Gasteiger partial charge in [-0.3, -0.25) is 4.79 Å². The minimum absolute atomic E-state index is 0.0191. The van der Waals surface area contributed by atoms with Crippen molar-refractivity contribution in [2.75, 3.05) is 11.1 Å². The number of aryl methyl sites for hydroxylation is 3. The smallest absolute Gasteiger partial charge is 0.224 e. The monoisotopic (exact) mass is 268 g/mol. The molecule has 3 heteroatoms. The van der Waals surface area contributed by atoms with Gasteiger partial charge in [0.2, 0.25) is 5.91 Å². The zero-order valence-corrected chi connectivity index (χ0v) is 11.9. The molecule has 0 atom stereocenters. The minimum atomic E-state index is 0.0191. The van der Waals surface area contributed by atoms with Crippen LogP contribution in [0.1, 0.15) is 23.1 Å². The maximum absolute atomic E-state index is 12.0. The van der Waals surface area contributed by atoms with Gasteiger partial charge < -0.3 is 11.1 Å². The van der Waals surface area contributed by atoms with Crippen LogP contribution in [0.15, 0.2) is 42.5 Å². The van der Waals surface area contributed by atoms with Crippen LogP contribution in [0.4, 0.5) is 11.4 Å². The van der Waals surface area contributed by atoms with Gasteiger partial charge in [0.1, 0.15) is 0 Å². The van der Waals surface area contributed by atoms with E-state index in [1.165, 1.54) is 0 Å². The SMILES string of the molecule is Cc1cccc(C)c1NC(=O)CCc1ccccc1N.